The molecule has 0 aliphatic heterocycles. The molecule has 0 unspecified atom stereocenters. The van der Waals surface area contributed by atoms with Crippen molar-refractivity contribution in [3.05, 3.63) is 23.8 Å². The average molecular weight is 317 g/mol. The number of aromatic carboxylic acids is 1. The monoisotopic (exact) mass is 317 g/mol. The molecule has 0 atom stereocenters. The van der Waals surface area contributed by atoms with E-state index in [4.69, 9.17) is 5.11 Å². The van der Waals surface area contributed by atoms with Crippen molar-refractivity contribution in [3.63, 3.8) is 0 Å². The van der Waals surface area contributed by atoms with E-state index >= 15 is 0 Å². The van der Waals surface area contributed by atoms with Crippen LogP contribution in [0.3, 0.4) is 0 Å². The normalized spacial score (nSPS) is 12.6. The first-order valence-electron chi connectivity index (χ1n) is 6.28. The van der Waals surface area contributed by atoms with Gasteiger partial charge >= 0.3 is 5.97 Å². The highest BCUT2D eigenvalue weighted by Crippen LogP contribution is 2.24. The van der Waals surface area contributed by atoms with E-state index in [0.29, 0.717) is 0 Å². The van der Waals surface area contributed by atoms with Gasteiger partial charge in [-0.1, -0.05) is 6.92 Å². The van der Waals surface area contributed by atoms with E-state index < -0.39 is 32.9 Å². The molecule has 3 N–H and O–H groups in total. The zero-order valence-electron chi connectivity index (χ0n) is 12.1. The average Bonchev–Trinajstić information content (AvgIpc) is 2.34. The molecule has 0 aromatic heterocycles. The number of rotatable bonds is 6. The summed E-state index contributed by atoms with van der Waals surface area (Å²) in [6, 6.07) is 3.05. The fourth-order valence-corrected chi connectivity index (χ4v) is 3.43. The van der Waals surface area contributed by atoms with Crippen molar-refractivity contribution in [1.29, 1.82) is 0 Å². The summed E-state index contributed by atoms with van der Waals surface area (Å²) in [5.74, 6) is -1.93. The molecule has 1 aromatic carbocycles. The number of nitrogens with zero attached hydrogens (tertiary/aromatic N) is 1. The lowest BCUT2D eigenvalue weighted by Crippen LogP contribution is -2.42. The van der Waals surface area contributed by atoms with Gasteiger partial charge in [-0.25, -0.2) is 13.2 Å². The summed E-state index contributed by atoms with van der Waals surface area (Å²) in [5.41, 5.74) is -1.72. The molecule has 1 aromatic rings. The van der Waals surface area contributed by atoms with Crippen molar-refractivity contribution in [1.82, 2.24) is 4.31 Å². The van der Waals surface area contributed by atoms with Gasteiger partial charge < -0.3 is 15.3 Å². The van der Waals surface area contributed by atoms with Gasteiger partial charge in [0.2, 0.25) is 10.0 Å². The van der Waals surface area contributed by atoms with E-state index in [-0.39, 0.29) is 18.0 Å². The molecule has 0 spiro atoms. The third kappa shape index (κ3) is 4.16. The molecule has 8 heteroatoms. The number of hydrogen-bond acceptors (Lipinski definition) is 5. The topological polar surface area (TPSA) is 115 Å². The summed E-state index contributed by atoms with van der Waals surface area (Å²) in [6.45, 7) is 4.56. The predicted octanol–water partition coefficient (Wildman–Crippen LogP) is 0.872. The first-order valence-corrected chi connectivity index (χ1v) is 7.72. The lowest BCUT2D eigenvalue weighted by molar-refractivity contribution is 0.0600. The molecule has 7 nitrogen and oxygen atoms in total. The number of carboxylic acid groups (broad SMARTS) is 1. The summed E-state index contributed by atoms with van der Waals surface area (Å²) in [6.07, 6.45) is 0. The summed E-state index contributed by atoms with van der Waals surface area (Å²) >= 11 is 0. The largest absolute Gasteiger partial charge is 0.507 e. The maximum Gasteiger partial charge on any atom is 0.339 e. The Balaban J connectivity index is 3.29. The minimum Gasteiger partial charge on any atom is -0.507 e. The van der Waals surface area contributed by atoms with Gasteiger partial charge in [0.25, 0.3) is 0 Å². The van der Waals surface area contributed by atoms with Crippen LogP contribution in [-0.4, -0.2) is 52.7 Å². The Kier molecular flexibility index (Phi) is 4.98. The smallest absolute Gasteiger partial charge is 0.339 e. The number of aromatic hydroxyl groups is 1. The number of hydrogen-bond donors (Lipinski definition) is 3. The Morgan fingerprint density at radius 3 is 2.33 bits per heavy atom. The molecule has 118 valence electrons. The SMILES string of the molecule is CCN(CC(C)(C)O)S(=O)(=O)c1ccc(O)c(C(=O)O)c1. The number of benzene rings is 1. The van der Waals surface area contributed by atoms with E-state index in [1.165, 1.54) is 13.8 Å². The van der Waals surface area contributed by atoms with Gasteiger partial charge in [0.05, 0.1) is 10.5 Å². The zero-order valence-corrected chi connectivity index (χ0v) is 12.9. The first kappa shape index (κ1) is 17.4. The van der Waals surface area contributed by atoms with Crippen LogP contribution >= 0.6 is 0 Å². The van der Waals surface area contributed by atoms with Crippen LogP contribution in [0.4, 0.5) is 0 Å². The molecular weight excluding hydrogens is 298 g/mol. The van der Waals surface area contributed by atoms with E-state index in [1.807, 2.05) is 0 Å². The maximum atomic E-state index is 12.5. The zero-order chi connectivity index (χ0) is 16.4. The molecule has 1 rings (SSSR count). The van der Waals surface area contributed by atoms with Crippen molar-refractivity contribution in [2.45, 2.75) is 31.3 Å². The Labute approximate surface area is 123 Å². The minimum absolute atomic E-state index is 0.121. The third-order valence-corrected chi connectivity index (χ3v) is 4.67. The van der Waals surface area contributed by atoms with Gasteiger partial charge in [-0.05, 0) is 32.0 Å². The quantitative estimate of drug-likeness (QED) is 0.717. The molecule has 21 heavy (non-hydrogen) atoms. The van der Waals surface area contributed by atoms with E-state index in [1.54, 1.807) is 6.92 Å². The minimum atomic E-state index is -3.96. The molecule has 0 fully saturated rings. The van der Waals surface area contributed by atoms with Crippen molar-refractivity contribution in [2.24, 2.45) is 0 Å². The van der Waals surface area contributed by atoms with Crippen LogP contribution in [0.25, 0.3) is 0 Å². The van der Waals surface area contributed by atoms with Crippen LogP contribution < -0.4 is 0 Å². The highest BCUT2D eigenvalue weighted by molar-refractivity contribution is 7.89. The van der Waals surface area contributed by atoms with Crippen molar-refractivity contribution >= 4 is 16.0 Å². The molecule has 0 saturated heterocycles. The van der Waals surface area contributed by atoms with Crippen LogP contribution in [0.2, 0.25) is 0 Å². The van der Waals surface area contributed by atoms with Crippen molar-refractivity contribution in [2.75, 3.05) is 13.1 Å². The second kappa shape index (κ2) is 6.00. The van der Waals surface area contributed by atoms with Gasteiger partial charge in [0.1, 0.15) is 11.3 Å². The van der Waals surface area contributed by atoms with Gasteiger partial charge in [-0.3, -0.25) is 0 Å². The Morgan fingerprint density at radius 1 is 1.33 bits per heavy atom. The number of carboxylic acids is 1. The molecule has 0 amide bonds. The molecule has 0 heterocycles. The molecule has 0 radical (unpaired) electrons. The molecule has 0 saturated carbocycles. The molecule has 0 bridgehead atoms. The molecule has 0 aliphatic rings. The molecular formula is C13H19NO6S. The number of aliphatic hydroxyl groups is 1. The second-order valence-electron chi connectivity index (χ2n) is 5.23. The number of phenols is 1. The standard InChI is InChI=1S/C13H19NO6S/c1-4-14(8-13(2,3)18)21(19,20)9-5-6-11(15)10(7-9)12(16)17/h5-7,15,18H,4,8H2,1-3H3,(H,16,17). The fourth-order valence-electron chi connectivity index (χ4n) is 1.79. The summed E-state index contributed by atoms with van der Waals surface area (Å²) < 4.78 is 26.0. The van der Waals surface area contributed by atoms with Crippen LogP contribution in [0, 0.1) is 0 Å². The lowest BCUT2D eigenvalue weighted by atomic mass is 10.1. The van der Waals surface area contributed by atoms with E-state index in [2.05, 4.69) is 0 Å². The van der Waals surface area contributed by atoms with Gasteiger partial charge in [0.15, 0.2) is 0 Å². The number of likely N-dealkylation sites (N-methyl/N-ethyl adjacent to an activating group) is 1. The van der Waals surface area contributed by atoms with Crippen LogP contribution in [0.5, 0.6) is 5.75 Å². The highest BCUT2D eigenvalue weighted by atomic mass is 32.2. The van der Waals surface area contributed by atoms with Gasteiger partial charge in [0, 0.05) is 13.1 Å². The van der Waals surface area contributed by atoms with E-state index in [0.717, 1.165) is 22.5 Å². The first-order chi connectivity index (χ1) is 9.49. The highest BCUT2D eigenvalue weighted by Gasteiger charge is 2.29. The predicted molar refractivity (Wildman–Crippen MR) is 75.8 cm³/mol. The summed E-state index contributed by atoms with van der Waals surface area (Å²) in [5, 5.41) is 28.1. The van der Waals surface area contributed by atoms with Crippen LogP contribution in [0.1, 0.15) is 31.1 Å². The summed E-state index contributed by atoms with van der Waals surface area (Å²) in [7, 11) is -3.96. The van der Waals surface area contributed by atoms with Gasteiger partial charge in [-0.2, -0.15) is 4.31 Å². The van der Waals surface area contributed by atoms with Gasteiger partial charge in [-0.15, -0.1) is 0 Å². The van der Waals surface area contributed by atoms with Crippen molar-refractivity contribution in [3.8, 4) is 5.75 Å². The fraction of sp³-hybridized carbons (Fsp3) is 0.462. The number of sulfonamides is 1. The Bertz CT molecular complexity index is 633. The Morgan fingerprint density at radius 2 is 1.90 bits per heavy atom. The van der Waals surface area contributed by atoms with E-state index in [9.17, 15) is 23.4 Å². The lowest BCUT2D eigenvalue weighted by Gasteiger charge is -2.27. The van der Waals surface area contributed by atoms with Crippen LogP contribution in [0.15, 0.2) is 23.1 Å². The van der Waals surface area contributed by atoms with Crippen LogP contribution in [-0.2, 0) is 10.0 Å². The molecule has 0 aliphatic carbocycles. The maximum absolute atomic E-state index is 12.5. The van der Waals surface area contributed by atoms with Crippen molar-refractivity contribution < 1.29 is 28.5 Å². The second-order valence-corrected chi connectivity index (χ2v) is 7.17. The number of carbonyl (C=O) groups is 1. The summed E-state index contributed by atoms with van der Waals surface area (Å²) in [4.78, 5) is 10.7. The third-order valence-electron chi connectivity index (χ3n) is 2.75. The Hall–Kier alpha value is -1.64.